The molecule has 4 heteroatoms. The highest BCUT2D eigenvalue weighted by atomic mass is 16.5. The van der Waals surface area contributed by atoms with Gasteiger partial charge in [0.15, 0.2) is 0 Å². The van der Waals surface area contributed by atoms with Crippen LogP contribution in [0.15, 0.2) is 18.3 Å². The van der Waals surface area contributed by atoms with E-state index in [1.807, 2.05) is 6.07 Å². The maximum absolute atomic E-state index is 8.85. The first kappa shape index (κ1) is 10.9. The Kier molecular flexibility index (Phi) is 3.37. The Balaban J connectivity index is 2.14. The van der Waals surface area contributed by atoms with Crippen molar-refractivity contribution in [1.29, 1.82) is 5.26 Å². The molecule has 1 aliphatic carbocycles. The molecule has 1 aromatic rings. The normalized spacial score (nSPS) is 14.5. The first-order valence-electron chi connectivity index (χ1n) is 5.47. The zero-order valence-corrected chi connectivity index (χ0v) is 9.39. The molecule has 4 nitrogen and oxygen atoms in total. The molecule has 0 bridgehead atoms. The second-order valence-electron chi connectivity index (χ2n) is 3.93. The largest absolute Gasteiger partial charge is 0.383 e. The summed E-state index contributed by atoms with van der Waals surface area (Å²) in [6, 6.07) is 6.29. The van der Waals surface area contributed by atoms with Gasteiger partial charge in [-0.3, -0.25) is 0 Å². The van der Waals surface area contributed by atoms with Gasteiger partial charge in [-0.2, -0.15) is 5.26 Å². The minimum absolute atomic E-state index is 0.580. The molecule has 0 aromatic carbocycles. The molecule has 0 amide bonds. The first-order chi connectivity index (χ1) is 7.85. The van der Waals surface area contributed by atoms with E-state index in [9.17, 15) is 0 Å². The lowest BCUT2D eigenvalue weighted by molar-refractivity contribution is 0.204. The van der Waals surface area contributed by atoms with Gasteiger partial charge < -0.3 is 9.64 Å². The van der Waals surface area contributed by atoms with E-state index >= 15 is 0 Å². The Labute approximate surface area is 95.5 Å². The Morgan fingerprint density at radius 1 is 1.62 bits per heavy atom. The number of hydrogen-bond donors (Lipinski definition) is 0. The van der Waals surface area contributed by atoms with Crippen LogP contribution in [0.5, 0.6) is 0 Å². The predicted molar refractivity (Wildman–Crippen MR) is 61.2 cm³/mol. The smallest absolute Gasteiger partial charge is 0.130 e. The molecule has 2 rings (SSSR count). The Morgan fingerprint density at radius 3 is 3.06 bits per heavy atom. The van der Waals surface area contributed by atoms with E-state index in [0.29, 0.717) is 18.2 Å². The van der Waals surface area contributed by atoms with Gasteiger partial charge in [-0.15, -0.1) is 0 Å². The lowest BCUT2D eigenvalue weighted by Crippen LogP contribution is -2.30. The van der Waals surface area contributed by atoms with Gasteiger partial charge >= 0.3 is 0 Å². The van der Waals surface area contributed by atoms with Crippen molar-refractivity contribution in [3.05, 3.63) is 23.9 Å². The Hall–Kier alpha value is -1.60. The summed E-state index contributed by atoms with van der Waals surface area (Å²) in [5.41, 5.74) is 0.660. The SMILES string of the molecule is COCCN(c1cc(C#N)ccn1)C1CC1. The standard InChI is InChI=1S/C12H15N3O/c1-16-7-6-15(11-2-3-11)12-8-10(9-13)4-5-14-12/h4-5,8,11H,2-3,6-7H2,1H3. The zero-order valence-electron chi connectivity index (χ0n) is 9.39. The van der Waals surface area contributed by atoms with Gasteiger partial charge in [-0.1, -0.05) is 0 Å². The highest BCUT2D eigenvalue weighted by Gasteiger charge is 2.29. The summed E-state index contributed by atoms with van der Waals surface area (Å²) in [6.07, 6.45) is 4.11. The van der Waals surface area contributed by atoms with Crippen LogP contribution in [0.4, 0.5) is 5.82 Å². The number of pyridine rings is 1. The third-order valence-corrected chi connectivity index (χ3v) is 2.69. The molecule has 0 spiro atoms. The summed E-state index contributed by atoms with van der Waals surface area (Å²) in [5.74, 6) is 0.888. The van der Waals surface area contributed by atoms with Gasteiger partial charge in [0.1, 0.15) is 5.82 Å². The summed E-state index contributed by atoms with van der Waals surface area (Å²) in [6.45, 7) is 1.53. The number of aromatic nitrogens is 1. The molecule has 84 valence electrons. The van der Waals surface area contributed by atoms with Crippen LogP contribution in [-0.2, 0) is 4.74 Å². The van der Waals surface area contributed by atoms with Crippen molar-refractivity contribution < 1.29 is 4.74 Å². The van der Waals surface area contributed by atoms with E-state index in [1.165, 1.54) is 12.8 Å². The zero-order chi connectivity index (χ0) is 11.4. The summed E-state index contributed by atoms with van der Waals surface area (Å²) >= 11 is 0. The van der Waals surface area contributed by atoms with Crippen LogP contribution in [-0.4, -0.2) is 31.3 Å². The van der Waals surface area contributed by atoms with E-state index < -0.39 is 0 Å². The van der Waals surface area contributed by atoms with Gasteiger partial charge in [0.2, 0.25) is 0 Å². The fourth-order valence-corrected chi connectivity index (χ4v) is 1.71. The predicted octanol–water partition coefficient (Wildman–Crippen LogP) is 1.57. The minimum Gasteiger partial charge on any atom is -0.383 e. The maximum atomic E-state index is 8.85. The van der Waals surface area contributed by atoms with Crippen molar-refractivity contribution in [2.45, 2.75) is 18.9 Å². The molecule has 1 aliphatic rings. The van der Waals surface area contributed by atoms with E-state index in [4.69, 9.17) is 10.00 Å². The van der Waals surface area contributed by atoms with Gasteiger partial charge in [0, 0.05) is 25.9 Å². The highest BCUT2D eigenvalue weighted by molar-refractivity contribution is 5.46. The van der Waals surface area contributed by atoms with Crippen LogP contribution in [0.25, 0.3) is 0 Å². The van der Waals surface area contributed by atoms with Crippen molar-refractivity contribution in [3.63, 3.8) is 0 Å². The quantitative estimate of drug-likeness (QED) is 0.751. The summed E-state index contributed by atoms with van der Waals surface area (Å²) < 4.78 is 5.09. The fraction of sp³-hybridized carbons (Fsp3) is 0.500. The van der Waals surface area contributed by atoms with Crippen molar-refractivity contribution in [3.8, 4) is 6.07 Å². The van der Waals surface area contributed by atoms with E-state index in [0.717, 1.165) is 12.4 Å². The van der Waals surface area contributed by atoms with Crippen LogP contribution in [0.2, 0.25) is 0 Å². The third kappa shape index (κ3) is 2.50. The fourth-order valence-electron chi connectivity index (χ4n) is 1.71. The van der Waals surface area contributed by atoms with Gasteiger partial charge in [-0.25, -0.2) is 4.98 Å². The van der Waals surface area contributed by atoms with Crippen LogP contribution in [0, 0.1) is 11.3 Å². The van der Waals surface area contributed by atoms with Crippen LogP contribution in [0.1, 0.15) is 18.4 Å². The molecule has 0 N–H and O–H groups in total. The minimum atomic E-state index is 0.580. The number of hydrogen-bond acceptors (Lipinski definition) is 4. The van der Waals surface area contributed by atoms with E-state index in [1.54, 1.807) is 19.4 Å². The lowest BCUT2D eigenvalue weighted by atomic mass is 10.3. The van der Waals surface area contributed by atoms with E-state index in [2.05, 4.69) is 16.0 Å². The van der Waals surface area contributed by atoms with E-state index in [-0.39, 0.29) is 0 Å². The third-order valence-electron chi connectivity index (χ3n) is 2.69. The van der Waals surface area contributed by atoms with Gasteiger partial charge in [-0.05, 0) is 25.0 Å². The average molecular weight is 217 g/mol. The second-order valence-corrected chi connectivity index (χ2v) is 3.93. The lowest BCUT2D eigenvalue weighted by Gasteiger charge is -2.23. The maximum Gasteiger partial charge on any atom is 0.130 e. The Morgan fingerprint density at radius 2 is 2.44 bits per heavy atom. The monoisotopic (exact) mass is 217 g/mol. The molecular weight excluding hydrogens is 202 g/mol. The van der Waals surface area contributed by atoms with Gasteiger partial charge in [0.05, 0.1) is 18.2 Å². The average Bonchev–Trinajstić information content (AvgIpc) is 3.14. The molecule has 1 saturated carbocycles. The van der Waals surface area contributed by atoms with Crippen LogP contribution < -0.4 is 4.90 Å². The number of methoxy groups -OCH3 is 1. The number of nitriles is 1. The van der Waals surface area contributed by atoms with Crippen molar-refractivity contribution in [1.82, 2.24) is 4.98 Å². The van der Waals surface area contributed by atoms with Crippen LogP contribution in [0.3, 0.4) is 0 Å². The van der Waals surface area contributed by atoms with Crippen molar-refractivity contribution in [2.75, 3.05) is 25.2 Å². The molecule has 16 heavy (non-hydrogen) atoms. The summed E-state index contributed by atoms with van der Waals surface area (Å²) in [4.78, 5) is 6.55. The van der Waals surface area contributed by atoms with Crippen molar-refractivity contribution in [2.24, 2.45) is 0 Å². The highest BCUT2D eigenvalue weighted by Crippen LogP contribution is 2.30. The molecule has 1 fully saturated rings. The molecule has 0 saturated heterocycles. The molecule has 1 aromatic heterocycles. The molecule has 0 unspecified atom stereocenters. The number of ether oxygens (including phenoxy) is 1. The molecule has 0 aliphatic heterocycles. The van der Waals surface area contributed by atoms with Gasteiger partial charge in [0.25, 0.3) is 0 Å². The molecule has 0 atom stereocenters. The molecule has 0 radical (unpaired) electrons. The topological polar surface area (TPSA) is 49.1 Å². The Bertz CT molecular complexity index is 395. The first-order valence-corrected chi connectivity index (χ1v) is 5.47. The second kappa shape index (κ2) is 4.95. The molecule has 1 heterocycles. The molecular formula is C12H15N3O. The number of nitrogens with zero attached hydrogens (tertiary/aromatic N) is 3. The number of rotatable bonds is 5. The van der Waals surface area contributed by atoms with Crippen molar-refractivity contribution >= 4 is 5.82 Å². The summed E-state index contributed by atoms with van der Waals surface area (Å²) in [7, 11) is 1.70. The summed E-state index contributed by atoms with van der Waals surface area (Å²) in [5, 5.41) is 8.85. The number of anilines is 1. The van der Waals surface area contributed by atoms with Crippen LogP contribution >= 0.6 is 0 Å².